The average molecular weight is 343 g/mol. The van der Waals surface area contributed by atoms with Gasteiger partial charge in [0.05, 0.1) is 0 Å². The number of halogens is 1. The summed E-state index contributed by atoms with van der Waals surface area (Å²) >= 11 is 3.36. The van der Waals surface area contributed by atoms with E-state index in [0.29, 0.717) is 13.0 Å². The maximum Gasteiger partial charge on any atom is 0.319 e. The number of amides is 2. The molecule has 0 saturated carbocycles. The van der Waals surface area contributed by atoms with Crippen LogP contribution in [0.5, 0.6) is 0 Å². The summed E-state index contributed by atoms with van der Waals surface area (Å²) in [6.45, 7) is 4.28. The van der Waals surface area contributed by atoms with E-state index in [2.05, 4.69) is 26.6 Å². The first-order valence-corrected chi connectivity index (χ1v) is 7.20. The molecule has 0 aromatic heterocycles. The van der Waals surface area contributed by atoms with E-state index in [1.165, 1.54) is 0 Å². The van der Waals surface area contributed by atoms with Gasteiger partial charge in [0, 0.05) is 23.1 Å². The van der Waals surface area contributed by atoms with Crippen molar-refractivity contribution in [2.45, 2.75) is 26.7 Å². The summed E-state index contributed by atoms with van der Waals surface area (Å²) in [6, 6.07) is 5.37. The molecule has 1 unspecified atom stereocenters. The van der Waals surface area contributed by atoms with Crippen molar-refractivity contribution < 1.29 is 14.7 Å². The zero-order chi connectivity index (χ0) is 15.1. The maximum atomic E-state index is 11.8. The van der Waals surface area contributed by atoms with Crippen molar-refractivity contribution in [3.05, 3.63) is 28.2 Å². The molecule has 0 bridgehead atoms. The van der Waals surface area contributed by atoms with Gasteiger partial charge < -0.3 is 15.7 Å². The minimum atomic E-state index is -0.814. The molecule has 0 fully saturated rings. The van der Waals surface area contributed by atoms with Crippen LogP contribution in [0.25, 0.3) is 0 Å². The quantitative estimate of drug-likeness (QED) is 0.741. The summed E-state index contributed by atoms with van der Waals surface area (Å²) in [6.07, 6.45) is 0.667. The fourth-order valence-electron chi connectivity index (χ4n) is 1.63. The van der Waals surface area contributed by atoms with Gasteiger partial charge in [-0.05, 0) is 37.0 Å². The van der Waals surface area contributed by atoms with Crippen molar-refractivity contribution >= 4 is 33.6 Å². The average Bonchev–Trinajstić information content (AvgIpc) is 2.38. The molecule has 1 aromatic carbocycles. The van der Waals surface area contributed by atoms with Gasteiger partial charge >= 0.3 is 12.0 Å². The number of nitrogens with one attached hydrogen (secondary N) is 2. The van der Waals surface area contributed by atoms with Crippen molar-refractivity contribution in [2.75, 3.05) is 11.9 Å². The number of benzene rings is 1. The Morgan fingerprint density at radius 2 is 2.10 bits per heavy atom. The Bertz CT molecular complexity index is 491. The Hall–Kier alpha value is -1.56. The van der Waals surface area contributed by atoms with Crippen LogP contribution in [-0.4, -0.2) is 23.7 Å². The number of carbonyl (C=O) groups excluding carboxylic acids is 1. The smallest absolute Gasteiger partial charge is 0.319 e. The number of anilines is 1. The van der Waals surface area contributed by atoms with E-state index < -0.39 is 5.97 Å². The van der Waals surface area contributed by atoms with Crippen LogP contribution in [0.4, 0.5) is 10.5 Å². The largest absolute Gasteiger partial charge is 0.481 e. The molecular formula is C14H19BrN2O3. The number of rotatable bonds is 6. The first kappa shape index (κ1) is 16.5. The van der Waals surface area contributed by atoms with Gasteiger partial charge in [0.25, 0.3) is 0 Å². The van der Waals surface area contributed by atoms with Gasteiger partial charge in [-0.15, -0.1) is 0 Å². The molecule has 6 heteroatoms. The van der Waals surface area contributed by atoms with Crippen molar-refractivity contribution in [1.29, 1.82) is 0 Å². The van der Waals surface area contributed by atoms with Gasteiger partial charge in [0.2, 0.25) is 0 Å². The Balaban J connectivity index is 2.40. The fraction of sp³-hybridized carbons (Fsp3) is 0.429. The zero-order valence-corrected chi connectivity index (χ0v) is 13.2. The van der Waals surface area contributed by atoms with Gasteiger partial charge in [-0.3, -0.25) is 4.79 Å². The molecule has 0 aliphatic heterocycles. The second kappa shape index (κ2) is 7.89. The predicted octanol–water partition coefficient (Wildman–Crippen LogP) is 3.38. The summed E-state index contributed by atoms with van der Waals surface area (Å²) in [7, 11) is 0. The molecule has 3 N–H and O–H groups in total. The Kier molecular flexibility index (Phi) is 6.51. The predicted molar refractivity (Wildman–Crippen MR) is 81.9 cm³/mol. The second-order valence-electron chi connectivity index (χ2n) is 4.83. The molecule has 0 radical (unpaired) electrons. The molecule has 1 rings (SSSR count). The van der Waals surface area contributed by atoms with Crippen LogP contribution in [0.1, 0.15) is 25.3 Å². The number of carboxylic acid groups (broad SMARTS) is 1. The van der Waals surface area contributed by atoms with Crippen molar-refractivity contribution in [3.63, 3.8) is 0 Å². The van der Waals surface area contributed by atoms with E-state index in [9.17, 15) is 9.59 Å². The molecule has 110 valence electrons. The lowest BCUT2D eigenvalue weighted by atomic mass is 10.1. The topological polar surface area (TPSA) is 78.4 Å². The summed E-state index contributed by atoms with van der Waals surface area (Å²) in [5, 5.41) is 14.1. The summed E-state index contributed by atoms with van der Waals surface area (Å²) < 4.78 is 0.897. The van der Waals surface area contributed by atoms with Crippen LogP contribution in [0.3, 0.4) is 0 Å². The third-order valence-electron chi connectivity index (χ3n) is 2.91. The minimum Gasteiger partial charge on any atom is -0.481 e. The first-order valence-electron chi connectivity index (χ1n) is 6.41. The molecular weight excluding hydrogens is 324 g/mol. The van der Waals surface area contributed by atoms with Crippen LogP contribution in [0.2, 0.25) is 0 Å². The van der Waals surface area contributed by atoms with Gasteiger partial charge in [0.1, 0.15) is 0 Å². The SMILES string of the molecule is Cc1ccc(Br)cc1NC(=O)NCC(C)CCC(=O)O. The monoisotopic (exact) mass is 342 g/mol. The lowest BCUT2D eigenvalue weighted by molar-refractivity contribution is -0.137. The molecule has 1 atom stereocenters. The molecule has 20 heavy (non-hydrogen) atoms. The lowest BCUT2D eigenvalue weighted by Crippen LogP contribution is -2.32. The Labute approximate surface area is 126 Å². The molecule has 1 aromatic rings. The van der Waals surface area contributed by atoms with E-state index in [1.807, 2.05) is 32.0 Å². The van der Waals surface area contributed by atoms with E-state index >= 15 is 0 Å². The highest BCUT2D eigenvalue weighted by Gasteiger charge is 2.09. The van der Waals surface area contributed by atoms with Crippen LogP contribution >= 0.6 is 15.9 Å². The van der Waals surface area contributed by atoms with Crippen LogP contribution in [-0.2, 0) is 4.79 Å². The Morgan fingerprint density at radius 3 is 2.75 bits per heavy atom. The maximum absolute atomic E-state index is 11.8. The van der Waals surface area contributed by atoms with Crippen LogP contribution in [0, 0.1) is 12.8 Å². The number of carboxylic acids is 1. The standard InChI is InChI=1S/C14H19BrN2O3/c1-9(3-6-13(18)19)8-16-14(20)17-12-7-11(15)5-4-10(12)2/h4-5,7,9H,3,6,8H2,1-2H3,(H,18,19)(H2,16,17,20). The Morgan fingerprint density at radius 1 is 1.40 bits per heavy atom. The van der Waals surface area contributed by atoms with Gasteiger partial charge in [-0.25, -0.2) is 4.79 Å². The summed E-state index contributed by atoms with van der Waals surface area (Å²) in [5.41, 5.74) is 1.72. The molecule has 0 saturated heterocycles. The van der Waals surface area contributed by atoms with E-state index in [4.69, 9.17) is 5.11 Å². The number of aryl methyl sites for hydroxylation is 1. The molecule has 0 aliphatic carbocycles. The molecule has 0 aliphatic rings. The van der Waals surface area contributed by atoms with Gasteiger partial charge in [-0.2, -0.15) is 0 Å². The molecule has 0 spiro atoms. The third kappa shape index (κ3) is 6.06. The van der Waals surface area contributed by atoms with E-state index in [-0.39, 0.29) is 18.4 Å². The van der Waals surface area contributed by atoms with Crippen molar-refractivity contribution in [1.82, 2.24) is 5.32 Å². The number of aliphatic carboxylic acids is 1. The second-order valence-corrected chi connectivity index (χ2v) is 5.75. The molecule has 2 amide bonds. The summed E-state index contributed by atoms with van der Waals surface area (Å²) in [4.78, 5) is 22.2. The third-order valence-corrected chi connectivity index (χ3v) is 3.40. The van der Waals surface area contributed by atoms with Crippen LogP contribution < -0.4 is 10.6 Å². The normalized spacial score (nSPS) is 11.8. The highest BCUT2D eigenvalue weighted by atomic mass is 79.9. The number of urea groups is 1. The number of hydrogen-bond donors (Lipinski definition) is 3. The highest BCUT2D eigenvalue weighted by molar-refractivity contribution is 9.10. The van der Waals surface area contributed by atoms with Crippen LogP contribution in [0.15, 0.2) is 22.7 Å². The van der Waals surface area contributed by atoms with Gasteiger partial charge in [-0.1, -0.05) is 28.9 Å². The summed E-state index contributed by atoms with van der Waals surface area (Å²) in [5.74, 6) is -0.688. The first-order chi connectivity index (χ1) is 9.38. The van der Waals surface area contributed by atoms with Crippen molar-refractivity contribution in [2.24, 2.45) is 5.92 Å². The van der Waals surface area contributed by atoms with E-state index in [0.717, 1.165) is 15.7 Å². The fourth-order valence-corrected chi connectivity index (χ4v) is 2.00. The molecule has 5 nitrogen and oxygen atoms in total. The van der Waals surface area contributed by atoms with E-state index in [1.54, 1.807) is 0 Å². The number of hydrogen-bond acceptors (Lipinski definition) is 2. The zero-order valence-electron chi connectivity index (χ0n) is 11.6. The van der Waals surface area contributed by atoms with Gasteiger partial charge in [0.15, 0.2) is 0 Å². The molecule has 0 heterocycles. The number of carbonyl (C=O) groups is 2. The lowest BCUT2D eigenvalue weighted by Gasteiger charge is -2.13. The minimum absolute atomic E-state index is 0.120. The highest BCUT2D eigenvalue weighted by Crippen LogP contribution is 2.20. The van der Waals surface area contributed by atoms with Crippen molar-refractivity contribution in [3.8, 4) is 0 Å².